The first-order valence-electron chi connectivity index (χ1n) is 8.56. The van der Waals surface area contributed by atoms with E-state index in [0.29, 0.717) is 0 Å². The SMILES string of the molecule is CP(C)c1cc(C2CCCCC2)sc1C1CCCCC1. The van der Waals surface area contributed by atoms with E-state index in [0.717, 1.165) is 11.8 Å². The normalized spacial score (nSPS) is 22.6. The van der Waals surface area contributed by atoms with Gasteiger partial charge >= 0.3 is 0 Å². The predicted molar refractivity (Wildman–Crippen MR) is 94.4 cm³/mol. The second-order valence-electron chi connectivity index (χ2n) is 6.96. The molecule has 2 fully saturated rings. The van der Waals surface area contributed by atoms with E-state index in [1.807, 2.05) is 0 Å². The van der Waals surface area contributed by atoms with Gasteiger partial charge in [-0.3, -0.25) is 0 Å². The fourth-order valence-corrected chi connectivity index (χ4v) is 7.20. The van der Waals surface area contributed by atoms with Gasteiger partial charge in [0.05, 0.1) is 0 Å². The lowest BCUT2D eigenvalue weighted by Gasteiger charge is -2.23. The molecule has 2 saturated carbocycles. The summed E-state index contributed by atoms with van der Waals surface area (Å²) in [7, 11) is 0.0690. The highest BCUT2D eigenvalue weighted by atomic mass is 32.1. The third-order valence-corrected chi connectivity index (χ3v) is 8.17. The van der Waals surface area contributed by atoms with Gasteiger partial charge in [-0.15, -0.1) is 11.3 Å². The largest absolute Gasteiger partial charge is 0.144 e. The fourth-order valence-electron chi connectivity index (χ4n) is 4.01. The van der Waals surface area contributed by atoms with Crippen molar-refractivity contribution in [3.63, 3.8) is 0 Å². The maximum absolute atomic E-state index is 2.64. The summed E-state index contributed by atoms with van der Waals surface area (Å²) < 4.78 is 0. The van der Waals surface area contributed by atoms with E-state index < -0.39 is 0 Å². The molecule has 0 spiro atoms. The van der Waals surface area contributed by atoms with E-state index in [4.69, 9.17) is 0 Å². The van der Waals surface area contributed by atoms with E-state index in [1.165, 1.54) is 64.2 Å². The van der Waals surface area contributed by atoms with Crippen LogP contribution in [0, 0.1) is 0 Å². The van der Waals surface area contributed by atoms with Crippen molar-refractivity contribution in [2.45, 2.75) is 76.0 Å². The van der Waals surface area contributed by atoms with Crippen molar-refractivity contribution < 1.29 is 0 Å². The molecule has 0 nitrogen and oxygen atoms in total. The van der Waals surface area contributed by atoms with Gasteiger partial charge in [0, 0.05) is 9.75 Å². The van der Waals surface area contributed by atoms with Crippen LogP contribution < -0.4 is 5.30 Å². The van der Waals surface area contributed by atoms with Crippen molar-refractivity contribution in [2.75, 3.05) is 13.3 Å². The average molecular weight is 308 g/mol. The van der Waals surface area contributed by atoms with Gasteiger partial charge in [-0.25, -0.2) is 0 Å². The molecule has 0 aromatic carbocycles. The topological polar surface area (TPSA) is 0 Å². The van der Waals surface area contributed by atoms with Crippen molar-refractivity contribution in [3.05, 3.63) is 15.8 Å². The average Bonchev–Trinajstić information content (AvgIpc) is 2.94. The lowest BCUT2D eigenvalue weighted by molar-refractivity contribution is 0.447. The Kier molecular flexibility index (Phi) is 5.21. The Morgan fingerprint density at radius 3 is 1.95 bits per heavy atom. The zero-order chi connectivity index (χ0) is 13.9. The molecule has 2 aliphatic carbocycles. The van der Waals surface area contributed by atoms with E-state index >= 15 is 0 Å². The second kappa shape index (κ2) is 6.93. The van der Waals surface area contributed by atoms with Gasteiger partial charge in [0.15, 0.2) is 0 Å². The summed E-state index contributed by atoms with van der Waals surface area (Å²) in [5, 5.41) is 1.76. The number of hydrogen-bond donors (Lipinski definition) is 0. The molecule has 0 atom stereocenters. The number of thiophene rings is 1. The molecule has 2 heteroatoms. The molecular formula is C18H29PS. The van der Waals surface area contributed by atoms with Gasteiger partial charge in [-0.2, -0.15) is 0 Å². The first kappa shape index (κ1) is 15.0. The zero-order valence-corrected chi connectivity index (χ0v) is 14.9. The molecule has 0 bridgehead atoms. The van der Waals surface area contributed by atoms with Crippen LogP contribution in [0.5, 0.6) is 0 Å². The molecule has 1 aromatic rings. The van der Waals surface area contributed by atoms with Crippen LogP contribution in [0.2, 0.25) is 0 Å². The Hall–Kier alpha value is 0.130. The maximum atomic E-state index is 2.64. The van der Waals surface area contributed by atoms with Crippen molar-refractivity contribution in [3.8, 4) is 0 Å². The highest BCUT2D eigenvalue weighted by molar-refractivity contribution is 7.64. The minimum Gasteiger partial charge on any atom is -0.144 e. The summed E-state index contributed by atoms with van der Waals surface area (Å²) in [4.78, 5) is 3.55. The number of rotatable bonds is 3. The van der Waals surface area contributed by atoms with Crippen LogP contribution in [0.4, 0.5) is 0 Å². The van der Waals surface area contributed by atoms with Crippen LogP contribution in [0.15, 0.2) is 6.07 Å². The van der Waals surface area contributed by atoms with Gasteiger partial charge in [0.2, 0.25) is 0 Å². The molecule has 0 radical (unpaired) electrons. The Bertz CT molecular complexity index is 423. The molecule has 2 aliphatic rings. The van der Waals surface area contributed by atoms with Gasteiger partial charge in [-0.05, 0) is 62.2 Å². The molecule has 3 rings (SSSR count). The van der Waals surface area contributed by atoms with E-state index in [2.05, 4.69) is 30.7 Å². The van der Waals surface area contributed by atoms with Gasteiger partial charge in [0.1, 0.15) is 0 Å². The molecule has 20 heavy (non-hydrogen) atoms. The van der Waals surface area contributed by atoms with E-state index in [-0.39, 0.29) is 7.92 Å². The maximum Gasteiger partial charge on any atom is 0.0156 e. The van der Waals surface area contributed by atoms with Crippen LogP contribution in [0.25, 0.3) is 0 Å². The quantitative estimate of drug-likeness (QED) is 0.582. The Labute approximate surface area is 130 Å². The predicted octanol–water partition coefficient (Wildman–Crippen LogP) is 6.21. The minimum atomic E-state index is 0.0690. The summed E-state index contributed by atoms with van der Waals surface area (Å²) >= 11 is 2.22. The Morgan fingerprint density at radius 1 is 0.850 bits per heavy atom. The van der Waals surface area contributed by atoms with E-state index in [9.17, 15) is 0 Å². The smallest absolute Gasteiger partial charge is 0.0156 e. The molecule has 0 aliphatic heterocycles. The van der Waals surface area contributed by atoms with Crippen LogP contribution in [0.3, 0.4) is 0 Å². The molecule has 0 saturated heterocycles. The van der Waals surface area contributed by atoms with Crippen LogP contribution >= 0.6 is 19.3 Å². The zero-order valence-electron chi connectivity index (χ0n) is 13.2. The summed E-state index contributed by atoms with van der Waals surface area (Å²) in [6.07, 6.45) is 14.6. The van der Waals surface area contributed by atoms with Crippen molar-refractivity contribution in [2.24, 2.45) is 0 Å². The van der Waals surface area contributed by atoms with Gasteiger partial charge < -0.3 is 0 Å². The lowest BCUT2D eigenvalue weighted by Crippen LogP contribution is -2.11. The van der Waals surface area contributed by atoms with E-state index in [1.54, 1.807) is 15.1 Å². The standard InChI is InChI=1S/C18H29PS/c1-19(2)16-13-17(14-9-5-3-6-10-14)20-18(16)15-11-7-4-8-12-15/h13-15H,3-12H2,1-2H3. The molecule has 0 amide bonds. The highest BCUT2D eigenvalue weighted by Crippen LogP contribution is 2.44. The Morgan fingerprint density at radius 2 is 1.40 bits per heavy atom. The lowest BCUT2D eigenvalue weighted by atomic mass is 9.87. The van der Waals surface area contributed by atoms with Crippen LogP contribution in [-0.4, -0.2) is 13.3 Å². The van der Waals surface area contributed by atoms with Crippen molar-refractivity contribution in [1.82, 2.24) is 0 Å². The molecule has 0 unspecified atom stereocenters. The fraction of sp³-hybridized carbons (Fsp3) is 0.778. The second-order valence-corrected chi connectivity index (χ2v) is 10.3. The Balaban J connectivity index is 1.85. The summed E-state index contributed by atoms with van der Waals surface area (Å²) in [5.41, 5.74) is 0. The molecular weight excluding hydrogens is 279 g/mol. The first-order valence-corrected chi connectivity index (χ1v) is 11.6. The minimum absolute atomic E-state index is 0.0690. The molecule has 0 N–H and O–H groups in total. The first-order chi connectivity index (χ1) is 9.75. The van der Waals surface area contributed by atoms with Crippen LogP contribution in [0.1, 0.15) is 85.8 Å². The highest BCUT2D eigenvalue weighted by Gasteiger charge is 2.25. The summed E-state index contributed by atoms with van der Waals surface area (Å²) in [6.45, 7) is 4.91. The van der Waals surface area contributed by atoms with Crippen molar-refractivity contribution in [1.29, 1.82) is 0 Å². The van der Waals surface area contributed by atoms with Gasteiger partial charge in [-0.1, -0.05) is 46.4 Å². The number of hydrogen-bond acceptors (Lipinski definition) is 1. The third kappa shape index (κ3) is 3.30. The molecule has 112 valence electrons. The molecule has 1 heterocycles. The van der Waals surface area contributed by atoms with Crippen LogP contribution in [-0.2, 0) is 0 Å². The third-order valence-electron chi connectivity index (χ3n) is 5.22. The summed E-state index contributed by atoms with van der Waals surface area (Å²) in [5.74, 6) is 1.81. The monoisotopic (exact) mass is 308 g/mol. The molecule has 1 aromatic heterocycles. The van der Waals surface area contributed by atoms with Gasteiger partial charge in [0.25, 0.3) is 0 Å². The summed E-state index contributed by atoms with van der Waals surface area (Å²) in [6, 6.07) is 2.64. The van der Waals surface area contributed by atoms with Crippen molar-refractivity contribution >= 4 is 24.6 Å².